The van der Waals surface area contributed by atoms with Crippen molar-refractivity contribution in [2.45, 2.75) is 19.9 Å². The molecule has 0 spiro atoms. The first kappa shape index (κ1) is 6.39. The summed E-state index contributed by atoms with van der Waals surface area (Å²) in [6.45, 7) is 4.87. The summed E-state index contributed by atoms with van der Waals surface area (Å²) < 4.78 is 4.95. The van der Waals surface area contributed by atoms with Gasteiger partial charge in [0.2, 0.25) is 0 Å². The van der Waals surface area contributed by atoms with E-state index in [9.17, 15) is 0 Å². The Morgan fingerprint density at radius 1 is 1.78 bits per heavy atom. The minimum atomic E-state index is 0.282. The van der Waals surface area contributed by atoms with Gasteiger partial charge in [0.25, 0.3) is 6.02 Å². The Bertz CT molecular complexity index is 131. The minimum absolute atomic E-state index is 0.282. The van der Waals surface area contributed by atoms with Gasteiger partial charge >= 0.3 is 0 Å². The van der Waals surface area contributed by atoms with Gasteiger partial charge in [-0.3, -0.25) is 0 Å². The zero-order valence-corrected chi connectivity index (χ0v) is 5.79. The van der Waals surface area contributed by atoms with E-state index >= 15 is 0 Å². The molecule has 52 valence electrons. The Kier molecular flexibility index (Phi) is 1.60. The highest BCUT2D eigenvalue weighted by molar-refractivity contribution is 5.73. The zero-order chi connectivity index (χ0) is 6.85. The van der Waals surface area contributed by atoms with E-state index in [0.717, 1.165) is 0 Å². The Hall–Kier alpha value is -0.730. The quantitative estimate of drug-likeness (QED) is 0.554. The highest BCUT2D eigenvalue weighted by atomic mass is 16.5. The molecule has 0 aliphatic carbocycles. The molecule has 1 heterocycles. The van der Waals surface area contributed by atoms with Crippen LogP contribution >= 0.6 is 0 Å². The van der Waals surface area contributed by atoms with Crippen molar-refractivity contribution in [3.8, 4) is 0 Å². The van der Waals surface area contributed by atoms with E-state index in [2.05, 4.69) is 18.8 Å². The van der Waals surface area contributed by atoms with Crippen LogP contribution in [0.2, 0.25) is 0 Å². The van der Waals surface area contributed by atoms with Crippen LogP contribution in [0.15, 0.2) is 4.99 Å². The average molecular weight is 128 g/mol. The molecule has 0 fully saturated rings. The Balaban J connectivity index is 2.47. The maximum Gasteiger partial charge on any atom is 0.282 e. The lowest BCUT2D eigenvalue weighted by molar-refractivity contribution is 0.288. The second-order valence-electron chi connectivity index (χ2n) is 2.59. The topological polar surface area (TPSA) is 47.6 Å². The van der Waals surface area contributed by atoms with E-state index < -0.39 is 0 Å². The van der Waals surface area contributed by atoms with Gasteiger partial charge in [-0.1, -0.05) is 13.8 Å². The summed E-state index contributed by atoms with van der Waals surface area (Å²) in [7, 11) is 0. The normalized spacial score (nSPS) is 26.1. The molecule has 0 amide bonds. The van der Waals surface area contributed by atoms with Gasteiger partial charge in [-0.05, 0) is 5.92 Å². The highest BCUT2D eigenvalue weighted by Gasteiger charge is 2.19. The fraction of sp³-hybridized carbons (Fsp3) is 0.833. The molecular weight excluding hydrogens is 116 g/mol. The maximum absolute atomic E-state index is 5.29. The highest BCUT2D eigenvalue weighted by Crippen LogP contribution is 2.11. The second kappa shape index (κ2) is 2.25. The van der Waals surface area contributed by atoms with Crippen LogP contribution < -0.4 is 5.73 Å². The van der Waals surface area contributed by atoms with Crippen LogP contribution in [0.25, 0.3) is 0 Å². The molecule has 0 radical (unpaired) electrons. The van der Waals surface area contributed by atoms with Gasteiger partial charge in [0, 0.05) is 0 Å². The lowest BCUT2D eigenvalue weighted by Gasteiger charge is -2.06. The third-order valence-corrected chi connectivity index (χ3v) is 1.46. The average Bonchev–Trinajstić information content (AvgIpc) is 2.14. The van der Waals surface area contributed by atoms with Crippen molar-refractivity contribution in [3.63, 3.8) is 0 Å². The largest absolute Gasteiger partial charge is 0.463 e. The smallest absolute Gasteiger partial charge is 0.282 e. The Morgan fingerprint density at radius 3 is 2.67 bits per heavy atom. The number of amidine groups is 1. The molecule has 0 aromatic heterocycles. The van der Waals surface area contributed by atoms with Crippen LogP contribution in [0, 0.1) is 5.92 Å². The molecule has 1 aliphatic rings. The molecular formula is C6H12N2O. The molecule has 2 N–H and O–H groups in total. The fourth-order valence-corrected chi connectivity index (χ4v) is 0.750. The lowest BCUT2D eigenvalue weighted by atomic mass is 10.1. The van der Waals surface area contributed by atoms with E-state index in [1.165, 1.54) is 0 Å². The van der Waals surface area contributed by atoms with Crippen LogP contribution in [0.4, 0.5) is 0 Å². The molecule has 0 aromatic carbocycles. The Labute approximate surface area is 54.9 Å². The molecule has 0 bridgehead atoms. The number of nitrogens with two attached hydrogens (primary N) is 1. The number of hydrogen-bond donors (Lipinski definition) is 1. The van der Waals surface area contributed by atoms with E-state index in [0.29, 0.717) is 18.5 Å². The minimum Gasteiger partial charge on any atom is -0.463 e. The summed E-state index contributed by atoms with van der Waals surface area (Å²) in [6.07, 6.45) is 0. The van der Waals surface area contributed by atoms with Gasteiger partial charge in [-0.2, -0.15) is 0 Å². The van der Waals surface area contributed by atoms with Gasteiger partial charge in [0.15, 0.2) is 0 Å². The van der Waals surface area contributed by atoms with Crippen LogP contribution in [0.5, 0.6) is 0 Å². The predicted octanol–water partition coefficient (Wildman–Crippen LogP) is 0.356. The number of rotatable bonds is 1. The van der Waals surface area contributed by atoms with Gasteiger partial charge < -0.3 is 10.5 Å². The summed E-state index contributed by atoms with van der Waals surface area (Å²) in [6, 6.07) is 0.624. The third kappa shape index (κ3) is 1.34. The molecule has 1 aliphatic heterocycles. The van der Waals surface area contributed by atoms with Crippen LogP contribution in [0.3, 0.4) is 0 Å². The van der Waals surface area contributed by atoms with Crippen molar-refractivity contribution in [2.75, 3.05) is 6.61 Å². The molecule has 1 atom stereocenters. The fourth-order valence-electron chi connectivity index (χ4n) is 0.750. The summed E-state index contributed by atoms with van der Waals surface area (Å²) in [4.78, 5) is 4.06. The van der Waals surface area contributed by atoms with Crippen molar-refractivity contribution in [2.24, 2.45) is 16.6 Å². The summed E-state index contributed by atoms with van der Waals surface area (Å²) in [5.74, 6) is 0.533. The van der Waals surface area contributed by atoms with E-state index in [-0.39, 0.29) is 6.04 Å². The van der Waals surface area contributed by atoms with Crippen LogP contribution in [0.1, 0.15) is 13.8 Å². The van der Waals surface area contributed by atoms with Gasteiger partial charge in [0.1, 0.15) is 6.61 Å². The molecule has 1 rings (SSSR count). The summed E-state index contributed by atoms with van der Waals surface area (Å²) >= 11 is 0. The Morgan fingerprint density at radius 2 is 2.44 bits per heavy atom. The summed E-state index contributed by atoms with van der Waals surface area (Å²) in [5.41, 5.74) is 5.29. The van der Waals surface area contributed by atoms with Crippen molar-refractivity contribution in [1.29, 1.82) is 0 Å². The van der Waals surface area contributed by atoms with E-state index in [4.69, 9.17) is 10.5 Å². The van der Waals surface area contributed by atoms with E-state index in [1.807, 2.05) is 0 Å². The number of nitrogens with zero attached hydrogens (tertiary/aromatic N) is 1. The van der Waals surface area contributed by atoms with Crippen LogP contribution in [-0.4, -0.2) is 18.7 Å². The van der Waals surface area contributed by atoms with E-state index in [1.54, 1.807) is 0 Å². The molecule has 0 aromatic rings. The first-order valence-corrected chi connectivity index (χ1v) is 3.16. The van der Waals surface area contributed by atoms with Crippen LogP contribution in [-0.2, 0) is 4.74 Å². The van der Waals surface area contributed by atoms with Crippen molar-refractivity contribution < 1.29 is 4.74 Å². The molecule has 3 heteroatoms. The monoisotopic (exact) mass is 128 g/mol. The molecule has 0 saturated carbocycles. The second-order valence-corrected chi connectivity index (χ2v) is 2.59. The molecule has 0 saturated heterocycles. The van der Waals surface area contributed by atoms with Crippen molar-refractivity contribution in [3.05, 3.63) is 0 Å². The first-order valence-electron chi connectivity index (χ1n) is 3.16. The zero-order valence-electron chi connectivity index (χ0n) is 5.79. The molecule has 1 unspecified atom stereocenters. The third-order valence-electron chi connectivity index (χ3n) is 1.46. The number of ether oxygens (including phenoxy) is 1. The predicted molar refractivity (Wildman–Crippen MR) is 36.2 cm³/mol. The van der Waals surface area contributed by atoms with Gasteiger partial charge in [0.05, 0.1) is 6.04 Å². The number of aliphatic imine (C=N–C) groups is 1. The van der Waals surface area contributed by atoms with Gasteiger partial charge in [-0.25, -0.2) is 4.99 Å². The first-order chi connectivity index (χ1) is 4.20. The maximum atomic E-state index is 5.29. The molecule has 9 heavy (non-hydrogen) atoms. The molecule has 3 nitrogen and oxygen atoms in total. The SMILES string of the molecule is CC(C)C1COC(N)=N1. The standard InChI is InChI=1S/C6H12N2O/c1-4(2)5-3-9-6(7)8-5/h4-5H,3H2,1-2H3,(H2,7,8). The number of hydrogen-bond acceptors (Lipinski definition) is 3. The van der Waals surface area contributed by atoms with Crippen molar-refractivity contribution in [1.82, 2.24) is 0 Å². The summed E-state index contributed by atoms with van der Waals surface area (Å²) in [5, 5.41) is 0. The van der Waals surface area contributed by atoms with Gasteiger partial charge in [-0.15, -0.1) is 0 Å². The van der Waals surface area contributed by atoms with Crippen molar-refractivity contribution >= 4 is 6.02 Å². The lowest BCUT2D eigenvalue weighted by Crippen LogP contribution is -2.13.